The third-order valence-corrected chi connectivity index (χ3v) is 4.06. The number of pyridine rings is 1. The number of nitrogens with one attached hydrogen (secondary N) is 2. The molecule has 1 saturated heterocycles. The molecular weight excluding hydrogens is 337 g/mol. The predicted molar refractivity (Wildman–Crippen MR) is 85.9 cm³/mol. The Labute approximate surface area is 143 Å². The van der Waals surface area contributed by atoms with E-state index >= 15 is 0 Å². The van der Waals surface area contributed by atoms with Crippen molar-refractivity contribution in [3.63, 3.8) is 0 Å². The average Bonchev–Trinajstić information content (AvgIpc) is 2.59. The topological polar surface area (TPSA) is 74.3 Å². The van der Waals surface area contributed by atoms with Gasteiger partial charge in [0.25, 0.3) is 0 Å². The van der Waals surface area contributed by atoms with Crippen LogP contribution in [0, 0.1) is 5.92 Å². The minimum atomic E-state index is -4.40. The van der Waals surface area contributed by atoms with Crippen LogP contribution in [-0.2, 0) is 15.8 Å². The molecule has 0 unspecified atom stereocenters. The molecule has 1 aromatic rings. The molecule has 138 valence electrons. The van der Waals surface area contributed by atoms with E-state index in [1.807, 2.05) is 4.90 Å². The highest BCUT2D eigenvalue weighted by molar-refractivity contribution is 5.85. The number of nitrogens with zero attached hydrogens (tertiary/aromatic N) is 2. The second-order valence-electron chi connectivity index (χ2n) is 5.84. The molecule has 1 aliphatic heterocycles. The second-order valence-corrected chi connectivity index (χ2v) is 5.84. The molecule has 0 aliphatic carbocycles. The molecule has 2 rings (SSSR count). The van der Waals surface area contributed by atoms with E-state index in [4.69, 9.17) is 0 Å². The van der Waals surface area contributed by atoms with Crippen LogP contribution in [-0.4, -0.2) is 43.0 Å². The zero-order valence-electron chi connectivity index (χ0n) is 13.9. The van der Waals surface area contributed by atoms with Gasteiger partial charge < -0.3 is 15.5 Å². The smallest absolute Gasteiger partial charge is 0.357 e. The Balaban J connectivity index is 1.83. The lowest BCUT2D eigenvalue weighted by Crippen LogP contribution is -2.43. The van der Waals surface area contributed by atoms with Gasteiger partial charge in [0, 0.05) is 31.7 Å². The molecule has 0 atom stereocenters. The van der Waals surface area contributed by atoms with Crippen molar-refractivity contribution in [1.82, 2.24) is 15.6 Å². The molecule has 0 aromatic carbocycles. The molecule has 1 aromatic heterocycles. The number of piperidine rings is 1. The van der Waals surface area contributed by atoms with E-state index in [9.17, 15) is 22.8 Å². The summed E-state index contributed by atoms with van der Waals surface area (Å²) in [5, 5.41) is 5.20. The highest BCUT2D eigenvalue weighted by atomic mass is 19.4. The number of carbonyl (C=O) groups excluding carboxylic acids is 2. The largest absolute Gasteiger partial charge is 0.417 e. The third kappa shape index (κ3) is 5.33. The monoisotopic (exact) mass is 358 g/mol. The molecular formula is C16H21F3N4O2. The number of aromatic nitrogens is 1. The van der Waals surface area contributed by atoms with Crippen molar-refractivity contribution in [2.24, 2.45) is 5.92 Å². The maximum atomic E-state index is 12.6. The van der Waals surface area contributed by atoms with E-state index in [-0.39, 0.29) is 24.3 Å². The minimum absolute atomic E-state index is 0.0483. The van der Waals surface area contributed by atoms with Crippen molar-refractivity contribution in [3.05, 3.63) is 23.9 Å². The van der Waals surface area contributed by atoms with Crippen molar-refractivity contribution in [2.45, 2.75) is 25.9 Å². The molecule has 0 spiro atoms. The first-order valence-corrected chi connectivity index (χ1v) is 8.14. The molecule has 0 bridgehead atoms. The molecule has 1 aliphatic rings. The second kappa shape index (κ2) is 8.17. The number of carbonyl (C=O) groups is 2. The van der Waals surface area contributed by atoms with Crippen LogP contribution >= 0.6 is 0 Å². The fraction of sp³-hybridized carbons (Fsp3) is 0.562. The van der Waals surface area contributed by atoms with E-state index in [1.54, 1.807) is 6.92 Å². The van der Waals surface area contributed by atoms with Crippen molar-refractivity contribution in [1.29, 1.82) is 0 Å². The lowest BCUT2D eigenvalue weighted by atomic mass is 9.96. The molecule has 2 heterocycles. The third-order valence-electron chi connectivity index (χ3n) is 4.06. The standard InChI is InChI=1S/C16H21F3N4O2/c1-2-20-14(24)10-22-15(25)11-5-7-23(8-6-11)13-4-3-12(9-21-13)16(17,18)19/h3-4,9,11H,2,5-8,10H2,1H3,(H,20,24)(H,22,25). The Morgan fingerprint density at radius 2 is 1.92 bits per heavy atom. The van der Waals surface area contributed by atoms with Gasteiger partial charge in [-0.3, -0.25) is 9.59 Å². The number of amides is 2. The number of rotatable bonds is 5. The average molecular weight is 358 g/mol. The van der Waals surface area contributed by atoms with Gasteiger partial charge in [0.1, 0.15) is 5.82 Å². The van der Waals surface area contributed by atoms with Crippen molar-refractivity contribution < 1.29 is 22.8 Å². The highest BCUT2D eigenvalue weighted by Gasteiger charge is 2.31. The Hall–Kier alpha value is -2.32. The van der Waals surface area contributed by atoms with Crippen molar-refractivity contribution >= 4 is 17.6 Å². The van der Waals surface area contributed by atoms with Crippen LogP contribution in [0.5, 0.6) is 0 Å². The first-order valence-electron chi connectivity index (χ1n) is 8.14. The van der Waals surface area contributed by atoms with Crippen LogP contribution in [0.3, 0.4) is 0 Å². The quantitative estimate of drug-likeness (QED) is 0.838. The zero-order chi connectivity index (χ0) is 18.4. The maximum absolute atomic E-state index is 12.6. The van der Waals surface area contributed by atoms with E-state index in [0.717, 1.165) is 12.3 Å². The van der Waals surface area contributed by atoms with Gasteiger partial charge in [0.15, 0.2) is 0 Å². The van der Waals surface area contributed by atoms with Crippen LogP contribution in [0.1, 0.15) is 25.3 Å². The first-order chi connectivity index (χ1) is 11.8. The molecule has 0 saturated carbocycles. The lowest BCUT2D eigenvalue weighted by molar-refractivity contribution is -0.137. The van der Waals surface area contributed by atoms with Gasteiger partial charge >= 0.3 is 6.18 Å². The number of alkyl halides is 3. The minimum Gasteiger partial charge on any atom is -0.357 e. The molecule has 9 heteroatoms. The van der Waals surface area contributed by atoms with Crippen LogP contribution < -0.4 is 15.5 Å². The fourth-order valence-electron chi connectivity index (χ4n) is 2.68. The van der Waals surface area contributed by atoms with Gasteiger partial charge in [0.2, 0.25) is 11.8 Å². The Morgan fingerprint density at radius 1 is 1.24 bits per heavy atom. The summed E-state index contributed by atoms with van der Waals surface area (Å²) in [4.78, 5) is 29.1. The number of hydrogen-bond donors (Lipinski definition) is 2. The summed E-state index contributed by atoms with van der Waals surface area (Å²) in [7, 11) is 0. The summed E-state index contributed by atoms with van der Waals surface area (Å²) in [5.41, 5.74) is -0.782. The zero-order valence-corrected chi connectivity index (χ0v) is 13.9. The Morgan fingerprint density at radius 3 is 2.44 bits per heavy atom. The molecule has 2 N–H and O–H groups in total. The number of halogens is 3. The van der Waals surface area contributed by atoms with Crippen molar-refractivity contribution in [2.75, 3.05) is 31.1 Å². The molecule has 0 radical (unpaired) electrons. The Bertz CT molecular complexity index is 596. The van der Waals surface area contributed by atoms with Gasteiger partial charge in [0.05, 0.1) is 12.1 Å². The highest BCUT2D eigenvalue weighted by Crippen LogP contribution is 2.30. The molecule has 6 nitrogen and oxygen atoms in total. The van der Waals surface area contributed by atoms with Crippen molar-refractivity contribution in [3.8, 4) is 0 Å². The normalized spacial score (nSPS) is 15.8. The summed E-state index contributed by atoms with van der Waals surface area (Å²) in [6, 6.07) is 2.35. The Kier molecular flexibility index (Phi) is 6.22. The van der Waals surface area contributed by atoms with Gasteiger partial charge in [-0.15, -0.1) is 0 Å². The van der Waals surface area contributed by atoms with Gasteiger partial charge in [-0.2, -0.15) is 13.2 Å². The van der Waals surface area contributed by atoms with Crippen LogP contribution in [0.25, 0.3) is 0 Å². The summed E-state index contributed by atoms with van der Waals surface area (Å²) < 4.78 is 37.7. The first kappa shape index (κ1) is 19.0. The van der Waals surface area contributed by atoms with Crippen LogP contribution in [0.4, 0.5) is 19.0 Å². The van der Waals surface area contributed by atoms with E-state index in [1.165, 1.54) is 6.07 Å². The number of anilines is 1. The molecule has 1 fully saturated rings. The predicted octanol–water partition coefficient (Wildman–Crippen LogP) is 1.57. The summed E-state index contributed by atoms with van der Waals surface area (Å²) in [6.45, 7) is 3.31. The summed E-state index contributed by atoms with van der Waals surface area (Å²) in [5.74, 6) is -0.150. The SMILES string of the molecule is CCNC(=O)CNC(=O)C1CCN(c2ccc(C(F)(F)F)cn2)CC1. The maximum Gasteiger partial charge on any atom is 0.417 e. The summed E-state index contributed by atoms with van der Waals surface area (Å²) >= 11 is 0. The van der Waals surface area contributed by atoms with E-state index in [0.29, 0.717) is 38.3 Å². The molecule has 25 heavy (non-hydrogen) atoms. The van der Waals surface area contributed by atoms with Gasteiger partial charge in [-0.25, -0.2) is 4.98 Å². The number of hydrogen-bond acceptors (Lipinski definition) is 4. The van der Waals surface area contributed by atoms with Gasteiger partial charge in [-0.05, 0) is 31.9 Å². The fourth-order valence-corrected chi connectivity index (χ4v) is 2.68. The van der Waals surface area contributed by atoms with E-state index < -0.39 is 11.7 Å². The summed E-state index contributed by atoms with van der Waals surface area (Å²) in [6.07, 6.45) is -2.46. The molecule has 2 amide bonds. The van der Waals surface area contributed by atoms with Gasteiger partial charge in [-0.1, -0.05) is 0 Å². The van der Waals surface area contributed by atoms with Crippen LogP contribution in [0.15, 0.2) is 18.3 Å². The van der Waals surface area contributed by atoms with E-state index in [2.05, 4.69) is 15.6 Å². The van der Waals surface area contributed by atoms with Crippen LogP contribution in [0.2, 0.25) is 0 Å². The number of likely N-dealkylation sites (N-methyl/N-ethyl adjacent to an activating group) is 1. The lowest BCUT2D eigenvalue weighted by Gasteiger charge is -2.32.